The molecule has 3 nitrogen and oxygen atoms in total. The summed E-state index contributed by atoms with van der Waals surface area (Å²) in [6.07, 6.45) is -4.57. The standard InChI is InChI=1S/C21H12BrClF3NO2/c22-14-8-9-18(16(11-14)19(28)15-6-1-2-7-17(15)23)27-20(29)12-4-3-5-13(10-12)21(24,25)26/h1-11H,(H,27,29). The van der Waals surface area contributed by atoms with Crippen molar-refractivity contribution in [3.8, 4) is 0 Å². The van der Waals surface area contributed by atoms with Gasteiger partial charge in [0.25, 0.3) is 5.91 Å². The second-order valence-corrected chi connectivity index (χ2v) is 7.35. The van der Waals surface area contributed by atoms with E-state index in [0.717, 1.165) is 18.2 Å². The van der Waals surface area contributed by atoms with Crippen LogP contribution >= 0.6 is 27.5 Å². The molecule has 0 saturated heterocycles. The maximum Gasteiger partial charge on any atom is 0.416 e. The van der Waals surface area contributed by atoms with Crippen LogP contribution in [0.3, 0.4) is 0 Å². The summed E-state index contributed by atoms with van der Waals surface area (Å²) in [5.74, 6) is -1.21. The van der Waals surface area contributed by atoms with E-state index in [1.54, 1.807) is 30.3 Å². The quantitative estimate of drug-likeness (QED) is 0.426. The summed E-state index contributed by atoms with van der Waals surface area (Å²) >= 11 is 9.37. The van der Waals surface area contributed by atoms with E-state index in [1.165, 1.54) is 18.2 Å². The number of rotatable bonds is 4. The van der Waals surface area contributed by atoms with E-state index in [1.807, 2.05) is 0 Å². The van der Waals surface area contributed by atoms with Crippen LogP contribution in [0.25, 0.3) is 0 Å². The van der Waals surface area contributed by atoms with Gasteiger partial charge in [-0.1, -0.05) is 45.7 Å². The van der Waals surface area contributed by atoms with E-state index < -0.39 is 23.4 Å². The first kappa shape index (κ1) is 21.1. The van der Waals surface area contributed by atoms with E-state index in [9.17, 15) is 22.8 Å². The van der Waals surface area contributed by atoms with Crippen molar-refractivity contribution < 1.29 is 22.8 Å². The zero-order chi connectivity index (χ0) is 21.2. The first-order chi connectivity index (χ1) is 13.7. The summed E-state index contributed by atoms with van der Waals surface area (Å²) in [5.41, 5.74) is -0.581. The summed E-state index contributed by atoms with van der Waals surface area (Å²) in [7, 11) is 0. The fraction of sp³-hybridized carbons (Fsp3) is 0.0476. The molecule has 29 heavy (non-hydrogen) atoms. The van der Waals surface area contributed by atoms with Gasteiger partial charge in [-0.15, -0.1) is 0 Å². The average molecular weight is 483 g/mol. The first-order valence-electron chi connectivity index (χ1n) is 8.24. The maximum absolute atomic E-state index is 12.9. The fourth-order valence-electron chi connectivity index (χ4n) is 2.64. The molecule has 0 saturated carbocycles. The van der Waals surface area contributed by atoms with Crippen LogP contribution in [0.15, 0.2) is 71.2 Å². The molecule has 0 fully saturated rings. The van der Waals surface area contributed by atoms with Gasteiger partial charge >= 0.3 is 6.18 Å². The third kappa shape index (κ3) is 4.86. The molecule has 0 spiro atoms. The van der Waals surface area contributed by atoms with Crippen LogP contribution in [0.1, 0.15) is 31.8 Å². The Kier molecular flexibility index (Phi) is 6.10. The summed E-state index contributed by atoms with van der Waals surface area (Å²) in [5, 5.41) is 2.75. The van der Waals surface area contributed by atoms with Gasteiger partial charge in [0.05, 0.1) is 16.3 Å². The molecule has 0 unspecified atom stereocenters. The van der Waals surface area contributed by atoms with Gasteiger partial charge in [0.1, 0.15) is 0 Å². The van der Waals surface area contributed by atoms with Gasteiger partial charge in [-0.25, -0.2) is 0 Å². The number of ketones is 1. The molecule has 8 heteroatoms. The Labute approximate surface area is 177 Å². The zero-order valence-corrected chi connectivity index (χ0v) is 16.9. The van der Waals surface area contributed by atoms with Crippen molar-refractivity contribution in [2.24, 2.45) is 0 Å². The maximum atomic E-state index is 12.9. The van der Waals surface area contributed by atoms with Gasteiger partial charge in [-0.2, -0.15) is 13.2 Å². The largest absolute Gasteiger partial charge is 0.416 e. The number of alkyl halides is 3. The molecule has 0 atom stereocenters. The molecule has 1 amide bonds. The van der Waals surface area contributed by atoms with E-state index >= 15 is 0 Å². The van der Waals surface area contributed by atoms with Crippen LogP contribution in [0.4, 0.5) is 18.9 Å². The van der Waals surface area contributed by atoms with Crippen molar-refractivity contribution in [3.63, 3.8) is 0 Å². The Morgan fingerprint density at radius 1 is 0.897 bits per heavy atom. The van der Waals surface area contributed by atoms with Crippen LogP contribution in [0.5, 0.6) is 0 Å². The second-order valence-electron chi connectivity index (χ2n) is 6.03. The number of hydrogen-bond donors (Lipinski definition) is 1. The third-order valence-corrected chi connectivity index (χ3v) is 4.87. The van der Waals surface area contributed by atoms with E-state index in [2.05, 4.69) is 21.2 Å². The van der Waals surface area contributed by atoms with Gasteiger partial charge in [0, 0.05) is 21.2 Å². The number of carbonyl (C=O) groups excluding carboxylic acids is 2. The molecule has 0 aliphatic rings. The molecular weight excluding hydrogens is 471 g/mol. The van der Waals surface area contributed by atoms with Crippen LogP contribution in [-0.4, -0.2) is 11.7 Å². The lowest BCUT2D eigenvalue weighted by Gasteiger charge is -2.13. The molecule has 0 aliphatic heterocycles. The second kappa shape index (κ2) is 8.39. The van der Waals surface area contributed by atoms with Crippen molar-refractivity contribution in [1.82, 2.24) is 0 Å². The van der Waals surface area contributed by atoms with E-state index in [-0.39, 0.29) is 27.4 Å². The Morgan fingerprint density at radius 3 is 2.31 bits per heavy atom. The minimum atomic E-state index is -4.57. The number of benzene rings is 3. The normalized spacial score (nSPS) is 11.2. The van der Waals surface area contributed by atoms with Gasteiger partial charge in [0.15, 0.2) is 5.78 Å². The Morgan fingerprint density at radius 2 is 1.62 bits per heavy atom. The number of amides is 1. The molecule has 148 valence electrons. The van der Waals surface area contributed by atoms with E-state index in [4.69, 9.17) is 11.6 Å². The lowest BCUT2D eigenvalue weighted by molar-refractivity contribution is -0.137. The Hall–Kier alpha value is -2.64. The molecule has 0 aromatic heterocycles. The monoisotopic (exact) mass is 481 g/mol. The molecule has 0 aliphatic carbocycles. The van der Waals surface area contributed by atoms with Crippen LogP contribution in [0.2, 0.25) is 5.02 Å². The van der Waals surface area contributed by atoms with Crippen LogP contribution < -0.4 is 5.32 Å². The molecule has 3 aromatic rings. The topological polar surface area (TPSA) is 46.2 Å². The highest BCUT2D eigenvalue weighted by atomic mass is 79.9. The molecule has 0 bridgehead atoms. The van der Waals surface area contributed by atoms with Gasteiger partial charge in [-0.3, -0.25) is 9.59 Å². The minimum absolute atomic E-state index is 0.146. The average Bonchev–Trinajstić information content (AvgIpc) is 2.68. The van der Waals surface area contributed by atoms with E-state index in [0.29, 0.717) is 4.47 Å². The summed E-state index contributed by atoms with van der Waals surface area (Å²) in [4.78, 5) is 25.5. The highest BCUT2D eigenvalue weighted by molar-refractivity contribution is 9.10. The lowest BCUT2D eigenvalue weighted by Crippen LogP contribution is -2.16. The van der Waals surface area contributed by atoms with Gasteiger partial charge in [0.2, 0.25) is 0 Å². The summed E-state index contributed by atoms with van der Waals surface area (Å²) in [6, 6.07) is 15.1. The third-order valence-electron chi connectivity index (χ3n) is 4.05. The minimum Gasteiger partial charge on any atom is -0.321 e. The first-order valence-corrected chi connectivity index (χ1v) is 9.41. The van der Waals surface area contributed by atoms with Gasteiger partial charge in [-0.05, 0) is 48.5 Å². The van der Waals surface area contributed by atoms with Crippen LogP contribution in [-0.2, 0) is 6.18 Å². The number of hydrogen-bond acceptors (Lipinski definition) is 2. The predicted molar refractivity (Wildman–Crippen MR) is 108 cm³/mol. The van der Waals surface area contributed by atoms with Crippen molar-refractivity contribution >= 4 is 44.9 Å². The molecule has 3 rings (SSSR count). The van der Waals surface area contributed by atoms with Crippen molar-refractivity contribution in [2.75, 3.05) is 5.32 Å². The highest BCUT2D eigenvalue weighted by Crippen LogP contribution is 2.30. The molecule has 1 N–H and O–H groups in total. The smallest absolute Gasteiger partial charge is 0.321 e. The Bertz CT molecular complexity index is 1100. The number of anilines is 1. The molecular formula is C21H12BrClF3NO2. The fourth-order valence-corrected chi connectivity index (χ4v) is 3.22. The molecule has 0 heterocycles. The predicted octanol–water partition coefficient (Wildman–Crippen LogP) is 6.60. The number of carbonyl (C=O) groups is 2. The van der Waals surface area contributed by atoms with Crippen molar-refractivity contribution in [3.05, 3.63) is 98.5 Å². The highest BCUT2D eigenvalue weighted by Gasteiger charge is 2.31. The Balaban J connectivity index is 1.96. The number of halogens is 5. The van der Waals surface area contributed by atoms with Crippen LogP contribution in [0, 0.1) is 0 Å². The lowest BCUT2D eigenvalue weighted by atomic mass is 10.0. The van der Waals surface area contributed by atoms with Crippen molar-refractivity contribution in [1.29, 1.82) is 0 Å². The van der Waals surface area contributed by atoms with Gasteiger partial charge < -0.3 is 5.32 Å². The zero-order valence-electron chi connectivity index (χ0n) is 14.6. The number of nitrogens with one attached hydrogen (secondary N) is 1. The van der Waals surface area contributed by atoms with Crippen molar-refractivity contribution in [2.45, 2.75) is 6.18 Å². The SMILES string of the molecule is O=C(Nc1ccc(Br)cc1C(=O)c1ccccc1Cl)c1cccc(C(F)(F)F)c1. The summed E-state index contributed by atoms with van der Waals surface area (Å²) < 4.78 is 39.3. The summed E-state index contributed by atoms with van der Waals surface area (Å²) in [6.45, 7) is 0. The molecule has 3 aromatic carbocycles. The molecule has 0 radical (unpaired) electrons.